The second-order valence-corrected chi connectivity index (χ2v) is 10.2. The quantitative estimate of drug-likeness (QED) is 0.297. The van der Waals surface area contributed by atoms with Gasteiger partial charge in [0.25, 0.3) is 17.4 Å². The van der Waals surface area contributed by atoms with E-state index in [9.17, 15) is 19.2 Å². The minimum atomic E-state index is -0.613. The van der Waals surface area contributed by atoms with E-state index in [0.29, 0.717) is 34.8 Å². The van der Waals surface area contributed by atoms with Crippen LogP contribution in [0.3, 0.4) is 0 Å². The number of carbonyl (C=O) groups excluding carboxylic acids is 3. The lowest BCUT2D eigenvalue weighted by Crippen LogP contribution is -2.61. The summed E-state index contributed by atoms with van der Waals surface area (Å²) in [4.78, 5) is 55.7. The Hall–Kier alpha value is -4.83. The number of likely N-dealkylation sites (tertiary alicyclic amines) is 1. The fourth-order valence-corrected chi connectivity index (χ4v) is 5.02. The molecule has 3 N–H and O–H groups in total. The molecular weight excluding hydrogens is 546 g/mol. The number of ether oxygens (including phenoxy) is 1. The van der Waals surface area contributed by atoms with Crippen molar-refractivity contribution in [1.82, 2.24) is 25.1 Å². The van der Waals surface area contributed by atoms with Gasteiger partial charge < -0.3 is 25.3 Å². The van der Waals surface area contributed by atoms with Gasteiger partial charge in [-0.3, -0.25) is 19.0 Å². The van der Waals surface area contributed by atoms with Crippen molar-refractivity contribution >= 4 is 40.4 Å². The molecule has 2 aromatic carbocycles. The Morgan fingerprint density at radius 2 is 1.71 bits per heavy atom. The highest BCUT2D eigenvalue weighted by Gasteiger charge is 2.34. The molecule has 41 heavy (non-hydrogen) atoms. The zero-order valence-corrected chi connectivity index (χ0v) is 23.0. The van der Waals surface area contributed by atoms with E-state index in [0.717, 1.165) is 10.9 Å². The van der Waals surface area contributed by atoms with Crippen molar-refractivity contribution in [3.05, 3.63) is 112 Å². The van der Waals surface area contributed by atoms with Crippen LogP contribution in [0.5, 0.6) is 0 Å². The number of piperidine rings is 1. The van der Waals surface area contributed by atoms with Crippen LogP contribution in [0.1, 0.15) is 34.1 Å². The van der Waals surface area contributed by atoms with Gasteiger partial charge in [-0.1, -0.05) is 30.3 Å². The zero-order valence-electron chi connectivity index (χ0n) is 22.2. The van der Waals surface area contributed by atoms with Crippen molar-refractivity contribution in [3.63, 3.8) is 0 Å². The zero-order chi connectivity index (χ0) is 29.1. The van der Waals surface area contributed by atoms with Crippen LogP contribution in [-0.4, -0.2) is 57.5 Å². The Morgan fingerprint density at radius 1 is 1.00 bits per heavy atom. The summed E-state index contributed by atoms with van der Waals surface area (Å²) in [6, 6.07) is 15.5. The van der Waals surface area contributed by atoms with Gasteiger partial charge in [0.2, 0.25) is 0 Å². The molecule has 0 unspecified atom stereocenters. The average molecular weight is 574 g/mol. The molecule has 3 amide bonds. The lowest BCUT2D eigenvalue weighted by molar-refractivity contribution is 0.0774. The molecular formula is C30H28ClN5O5. The van der Waals surface area contributed by atoms with Crippen LogP contribution in [0.2, 0.25) is 5.02 Å². The Labute approximate surface area is 240 Å². The number of H-pyrrole nitrogens is 1. The third-order valence-electron chi connectivity index (χ3n) is 6.89. The van der Waals surface area contributed by atoms with Crippen molar-refractivity contribution in [1.29, 1.82) is 0 Å². The number of fused-ring (bicyclic) bond motifs is 1. The summed E-state index contributed by atoms with van der Waals surface area (Å²) in [6.45, 7) is 5.62. The molecule has 2 atom stereocenters. The lowest BCUT2D eigenvalue weighted by atomic mass is 9.98. The van der Waals surface area contributed by atoms with Gasteiger partial charge in [0, 0.05) is 59.3 Å². The molecule has 1 aliphatic rings. The highest BCUT2D eigenvalue weighted by atomic mass is 35.5. The predicted molar refractivity (Wildman–Crippen MR) is 155 cm³/mol. The molecule has 10 nitrogen and oxygen atoms in total. The number of hydrogen-bond acceptors (Lipinski definition) is 5. The maximum atomic E-state index is 13.3. The number of carbonyl (C=O) groups is 3. The minimum Gasteiger partial charge on any atom is -0.416 e. The first-order valence-corrected chi connectivity index (χ1v) is 13.4. The number of nitrogens with one attached hydrogen (secondary N) is 3. The molecule has 0 spiro atoms. The Balaban J connectivity index is 1.34. The average Bonchev–Trinajstić information content (AvgIpc) is 3.33. The van der Waals surface area contributed by atoms with Crippen LogP contribution in [0, 0.1) is 0 Å². The fraction of sp³-hybridized carbons (Fsp3) is 0.200. The Kier molecular flexibility index (Phi) is 7.93. The van der Waals surface area contributed by atoms with Crippen LogP contribution in [0.15, 0.2) is 90.2 Å². The number of nitrogens with zero attached hydrogens (tertiary/aromatic N) is 2. The van der Waals surface area contributed by atoms with Gasteiger partial charge in [-0.2, -0.15) is 0 Å². The summed E-state index contributed by atoms with van der Waals surface area (Å²) in [5, 5.41) is 7.35. The first kappa shape index (κ1) is 27.7. The number of hydrogen-bond donors (Lipinski definition) is 3. The van der Waals surface area contributed by atoms with Crippen molar-refractivity contribution < 1.29 is 19.1 Å². The standard InChI is InChI=1S/C30H28ClN5O5/c1-18(2)41-30(40)35-14-12-24(33-29(39)20-8-11-22-23(31)16-32-25(22)15-20)26(17-35)34-28(38)19-6-9-21(10-7-19)36-13-4-3-5-27(36)37/h3-11,13,15-16,24,26,32H,1,12,14,17H2,2H3,(H,33,39)(H,34,38)/t24-,26+/m1/s1. The number of aromatic nitrogens is 2. The third kappa shape index (κ3) is 6.17. The second-order valence-electron chi connectivity index (χ2n) is 9.82. The summed E-state index contributed by atoms with van der Waals surface area (Å²) in [5.41, 5.74) is 1.94. The van der Waals surface area contributed by atoms with Gasteiger partial charge in [0.05, 0.1) is 22.9 Å². The fourth-order valence-electron chi connectivity index (χ4n) is 4.80. The maximum absolute atomic E-state index is 13.3. The van der Waals surface area contributed by atoms with E-state index < -0.39 is 24.1 Å². The van der Waals surface area contributed by atoms with Crippen molar-refractivity contribution in [2.24, 2.45) is 0 Å². The normalized spacial score (nSPS) is 16.7. The summed E-state index contributed by atoms with van der Waals surface area (Å²) in [7, 11) is 0. The van der Waals surface area contributed by atoms with Gasteiger partial charge >= 0.3 is 6.09 Å². The Morgan fingerprint density at radius 3 is 2.44 bits per heavy atom. The number of allylic oxidation sites excluding steroid dienone is 1. The van der Waals surface area contributed by atoms with Gasteiger partial charge in [0.15, 0.2) is 0 Å². The molecule has 5 rings (SSSR count). The molecule has 0 bridgehead atoms. The van der Waals surface area contributed by atoms with Crippen LogP contribution < -0.4 is 16.2 Å². The minimum absolute atomic E-state index is 0.117. The van der Waals surface area contributed by atoms with Crippen LogP contribution >= 0.6 is 11.6 Å². The van der Waals surface area contributed by atoms with Crippen LogP contribution in [0.4, 0.5) is 4.79 Å². The summed E-state index contributed by atoms with van der Waals surface area (Å²) in [6.07, 6.45) is 3.11. The number of rotatable bonds is 6. The lowest BCUT2D eigenvalue weighted by Gasteiger charge is -2.38. The topological polar surface area (TPSA) is 126 Å². The number of aromatic amines is 1. The molecule has 4 aromatic rings. The molecule has 0 radical (unpaired) electrons. The van der Waals surface area contributed by atoms with Crippen molar-refractivity contribution in [3.8, 4) is 5.69 Å². The van der Waals surface area contributed by atoms with E-state index in [2.05, 4.69) is 22.2 Å². The SMILES string of the molecule is C=C(C)OC(=O)N1CC[C@@H](NC(=O)c2ccc3c(Cl)c[nH]c3c2)[C@@H](NC(=O)c2ccc(-n3ccccc3=O)cc2)C1. The maximum Gasteiger partial charge on any atom is 0.414 e. The first-order valence-electron chi connectivity index (χ1n) is 13.0. The second kappa shape index (κ2) is 11.7. The van der Waals surface area contributed by atoms with E-state index in [1.807, 2.05) is 0 Å². The smallest absolute Gasteiger partial charge is 0.414 e. The van der Waals surface area contributed by atoms with Crippen LogP contribution in [-0.2, 0) is 4.74 Å². The monoisotopic (exact) mass is 573 g/mol. The highest BCUT2D eigenvalue weighted by Crippen LogP contribution is 2.24. The van der Waals surface area contributed by atoms with E-state index in [4.69, 9.17) is 16.3 Å². The van der Waals surface area contributed by atoms with Crippen molar-refractivity contribution in [2.75, 3.05) is 13.1 Å². The number of benzene rings is 2. The molecule has 0 saturated carbocycles. The highest BCUT2D eigenvalue weighted by molar-refractivity contribution is 6.35. The predicted octanol–water partition coefficient (Wildman–Crippen LogP) is 4.25. The van der Waals surface area contributed by atoms with Gasteiger partial charge in [-0.05, 0) is 55.8 Å². The molecule has 2 aromatic heterocycles. The van der Waals surface area contributed by atoms with E-state index in [-0.39, 0.29) is 23.8 Å². The Bertz CT molecular complexity index is 1690. The third-order valence-corrected chi connectivity index (χ3v) is 7.20. The molecule has 0 aliphatic carbocycles. The van der Waals surface area contributed by atoms with Crippen LogP contribution in [0.25, 0.3) is 16.6 Å². The summed E-state index contributed by atoms with van der Waals surface area (Å²) >= 11 is 6.16. The molecule has 210 valence electrons. The molecule has 3 heterocycles. The molecule has 1 fully saturated rings. The van der Waals surface area contributed by atoms with Gasteiger partial charge in [-0.15, -0.1) is 0 Å². The van der Waals surface area contributed by atoms with Gasteiger partial charge in [0.1, 0.15) is 0 Å². The number of halogens is 1. The number of amides is 3. The van der Waals surface area contributed by atoms with Gasteiger partial charge in [-0.25, -0.2) is 4.79 Å². The largest absolute Gasteiger partial charge is 0.416 e. The van der Waals surface area contributed by atoms with E-state index in [1.165, 1.54) is 15.5 Å². The van der Waals surface area contributed by atoms with Crippen molar-refractivity contribution in [2.45, 2.75) is 25.4 Å². The molecule has 1 saturated heterocycles. The van der Waals surface area contributed by atoms with E-state index >= 15 is 0 Å². The molecule has 1 aliphatic heterocycles. The summed E-state index contributed by atoms with van der Waals surface area (Å²) in [5.74, 6) is -0.459. The summed E-state index contributed by atoms with van der Waals surface area (Å²) < 4.78 is 6.64. The number of pyridine rings is 1. The van der Waals surface area contributed by atoms with E-state index in [1.54, 1.807) is 73.9 Å². The first-order chi connectivity index (χ1) is 19.7. The molecule has 11 heteroatoms.